The van der Waals surface area contributed by atoms with Crippen LogP contribution in [0.4, 0.5) is 10.1 Å². The normalized spacial score (nSPS) is 10.7. The zero-order valence-electron chi connectivity index (χ0n) is 9.04. The van der Waals surface area contributed by atoms with Gasteiger partial charge < -0.3 is 11.1 Å². The molecule has 2 nitrogen and oxygen atoms in total. The maximum atomic E-state index is 13.4. The largest absolute Gasteiger partial charge is 0.399 e. The molecule has 0 aliphatic carbocycles. The van der Waals surface area contributed by atoms with Gasteiger partial charge in [0, 0.05) is 29.2 Å². The first-order valence-corrected chi connectivity index (χ1v) is 6.33. The first kappa shape index (κ1) is 12.4. The maximum absolute atomic E-state index is 13.4. The Balaban J connectivity index is 1.90. The summed E-state index contributed by atoms with van der Waals surface area (Å²) in [7, 11) is 0. The number of nitrogens with one attached hydrogen (secondary N) is 1. The molecular formula is C12H12ClFN2S. The number of rotatable bonds is 4. The van der Waals surface area contributed by atoms with Crippen molar-refractivity contribution in [3.05, 3.63) is 50.9 Å². The van der Waals surface area contributed by atoms with E-state index >= 15 is 0 Å². The van der Waals surface area contributed by atoms with Crippen LogP contribution in [0, 0.1) is 5.82 Å². The molecule has 2 rings (SSSR count). The van der Waals surface area contributed by atoms with Crippen molar-refractivity contribution in [2.45, 2.75) is 13.1 Å². The molecule has 1 aromatic heterocycles. The standard InChI is InChI=1S/C12H12ClFN2S/c13-12-4-3-10(17-12)7-16-6-8-1-2-9(15)5-11(8)14/h1-5,16H,6-7,15H2. The van der Waals surface area contributed by atoms with Crippen LogP contribution in [0.15, 0.2) is 30.3 Å². The van der Waals surface area contributed by atoms with E-state index in [9.17, 15) is 4.39 Å². The lowest BCUT2D eigenvalue weighted by Gasteiger charge is -2.05. The molecule has 0 amide bonds. The topological polar surface area (TPSA) is 38.0 Å². The van der Waals surface area contributed by atoms with Gasteiger partial charge in [-0.2, -0.15) is 0 Å². The van der Waals surface area contributed by atoms with Crippen LogP contribution in [0.5, 0.6) is 0 Å². The Bertz CT molecular complexity index is 513. The van der Waals surface area contributed by atoms with Crippen molar-refractivity contribution in [1.29, 1.82) is 0 Å². The average molecular weight is 271 g/mol. The summed E-state index contributed by atoms with van der Waals surface area (Å²) < 4.78 is 14.2. The number of halogens is 2. The second-order valence-corrected chi connectivity index (χ2v) is 5.46. The number of nitrogen functional groups attached to an aromatic ring is 1. The van der Waals surface area contributed by atoms with Gasteiger partial charge in [-0.3, -0.25) is 0 Å². The van der Waals surface area contributed by atoms with Gasteiger partial charge in [0.05, 0.1) is 4.34 Å². The summed E-state index contributed by atoms with van der Waals surface area (Å²) in [5.41, 5.74) is 6.53. The van der Waals surface area contributed by atoms with Crippen LogP contribution < -0.4 is 11.1 Å². The van der Waals surface area contributed by atoms with Gasteiger partial charge in [0.2, 0.25) is 0 Å². The summed E-state index contributed by atoms with van der Waals surface area (Å²) in [6.07, 6.45) is 0. The first-order chi connectivity index (χ1) is 8.15. The molecule has 0 radical (unpaired) electrons. The number of hydrogen-bond acceptors (Lipinski definition) is 3. The van der Waals surface area contributed by atoms with E-state index in [0.29, 0.717) is 24.3 Å². The summed E-state index contributed by atoms with van der Waals surface area (Å²) in [6.45, 7) is 1.16. The fourth-order valence-corrected chi connectivity index (χ4v) is 2.53. The van der Waals surface area contributed by atoms with Crippen LogP contribution in [-0.4, -0.2) is 0 Å². The van der Waals surface area contributed by atoms with Gasteiger partial charge in [0.25, 0.3) is 0 Å². The van der Waals surface area contributed by atoms with Crippen molar-refractivity contribution in [1.82, 2.24) is 5.32 Å². The lowest BCUT2D eigenvalue weighted by Crippen LogP contribution is -2.13. The van der Waals surface area contributed by atoms with Gasteiger partial charge in [0.1, 0.15) is 5.82 Å². The molecule has 1 aromatic carbocycles. The lowest BCUT2D eigenvalue weighted by atomic mass is 10.2. The first-order valence-electron chi connectivity index (χ1n) is 5.14. The number of hydrogen-bond donors (Lipinski definition) is 2. The molecule has 0 atom stereocenters. The fourth-order valence-electron chi connectivity index (χ4n) is 1.47. The average Bonchev–Trinajstić information content (AvgIpc) is 2.68. The molecule has 0 aliphatic heterocycles. The van der Waals surface area contributed by atoms with Crippen LogP contribution in [0.3, 0.4) is 0 Å². The molecule has 0 saturated heterocycles. The Labute approximate surface area is 108 Å². The highest BCUT2D eigenvalue weighted by Gasteiger charge is 2.02. The molecule has 0 aliphatic rings. The molecular weight excluding hydrogens is 259 g/mol. The second kappa shape index (κ2) is 5.49. The van der Waals surface area contributed by atoms with Crippen LogP contribution in [0.25, 0.3) is 0 Å². The van der Waals surface area contributed by atoms with Gasteiger partial charge in [-0.25, -0.2) is 4.39 Å². The van der Waals surface area contributed by atoms with E-state index in [1.165, 1.54) is 17.4 Å². The molecule has 5 heteroatoms. The Morgan fingerprint density at radius 3 is 2.71 bits per heavy atom. The third-order valence-electron chi connectivity index (χ3n) is 2.32. The van der Waals surface area contributed by atoms with E-state index in [4.69, 9.17) is 17.3 Å². The monoisotopic (exact) mass is 270 g/mol. The Kier molecular flexibility index (Phi) is 3.99. The highest BCUT2D eigenvalue weighted by atomic mass is 35.5. The summed E-state index contributed by atoms with van der Waals surface area (Å²) in [5.74, 6) is -0.276. The predicted molar refractivity (Wildman–Crippen MR) is 70.7 cm³/mol. The van der Waals surface area contributed by atoms with E-state index in [2.05, 4.69) is 5.32 Å². The number of benzene rings is 1. The molecule has 0 saturated carbocycles. The molecule has 3 N–H and O–H groups in total. The Hall–Kier alpha value is -1.10. The van der Waals surface area contributed by atoms with Gasteiger partial charge in [-0.05, 0) is 24.3 Å². The van der Waals surface area contributed by atoms with E-state index in [1.54, 1.807) is 12.1 Å². The molecule has 0 bridgehead atoms. The minimum absolute atomic E-state index is 0.276. The molecule has 0 spiro atoms. The van der Waals surface area contributed by atoms with Crippen molar-refractivity contribution in [3.63, 3.8) is 0 Å². The van der Waals surface area contributed by atoms with E-state index in [1.807, 2.05) is 12.1 Å². The summed E-state index contributed by atoms with van der Waals surface area (Å²) in [4.78, 5) is 1.13. The van der Waals surface area contributed by atoms with E-state index in [-0.39, 0.29) is 5.82 Å². The number of thiophene rings is 1. The fraction of sp³-hybridized carbons (Fsp3) is 0.167. The highest BCUT2D eigenvalue weighted by Crippen LogP contribution is 2.21. The molecule has 0 fully saturated rings. The van der Waals surface area contributed by atoms with Crippen molar-refractivity contribution in [2.24, 2.45) is 0 Å². The molecule has 2 aromatic rings. The molecule has 0 unspecified atom stereocenters. The summed E-state index contributed by atoms with van der Waals surface area (Å²) in [5, 5.41) is 3.16. The van der Waals surface area contributed by atoms with E-state index in [0.717, 1.165) is 9.21 Å². The second-order valence-electron chi connectivity index (χ2n) is 3.66. The molecule has 1 heterocycles. The van der Waals surface area contributed by atoms with Crippen LogP contribution in [0.2, 0.25) is 4.34 Å². The van der Waals surface area contributed by atoms with Crippen LogP contribution in [-0.2, 0) is 13.1 Å². The van der Waals surface area contributed by atoms with Gasteiger partial charge >= 0.3 is 0 Å². The van der Waals surface area contributed by atoms with Crippen molar-refractivity contribution >= 4 is 28.6 Å². The van der Waals surface area contributed by atoms with Crippen molar-refractivity contribution < 1.29 is 4.39 Å². The minimum Gasteiger partial charge on any atom is -0.399 e. The number of anilines is 1. The lowest BCUT2D eigenvalue weighted by molar-refractivity contribution is 0.589. The molecule has 17 heavy (non-hydrogen) atoms. The van der Waals surface area contributed by atoms with Gasteiger partial charge in [-0.15, -0.1) is 11.3 Å². The Morgan fingerprint density at radius 1 is 1.24 bits per heavy atom. The maximum Gasteiger partial charge on any atom is 0.129 e. The highest BCUT2D eigenvalue weighted by molar-refractivity contribution is 7.16. The SMILES string of the molecule is Nc1ccc(CNCc2ccc(Cl)s2)c(F)c1. The van der Waals surface area contributed by atoms with Crippen molar-refractivity contribution in [2.75, 3.05) is 5.73 Å². The summed E-state index contributed by atoms with van der Waals surface area (Å²) >= 11 is 7.33. The predicted octanol–water partition coefficient (Wildman–Crippen LogP) is 3.41. The quantitative estimate of drug-likeness (QED) is 0.836. The van der Waals surface area contributed by atoms with E-state index < -0.39 is 0 Å². The van der Waals surface area contributed by atoms with Crippen LogP contribution in [0.1, 0.15) is 10.4 Å². The smallest absolute Gasteiger partial charge is 0.129 e. The summed E-state index contributed by atoms with van der Waals surface area (Å²) in [6, 6.07) is 8.53. The third-order valence-corrected chi connectivity index (χ3v) is 3.55. The van der Waals surface area contributed by atoms with Gasteiger partial charge in [0.15, 0.2) is 0 Å². The Morgan fingerprint density at radius 2 is 2.06 bits per heavy atom. The third kappa shape index (κ3) is 3.43. The van der Waals surface area contributed by atoms with Crippen LogP contribution >= 0.6 is 22.9 Å². The zero-order valence-corrected chi connectivity index (χ0v) is 10.6. The molecule has 90 valence electrons. The minimum atomic E-state index is -0.276. The van der Waals surface area contributed by atoms with Gasteiger partial charge in [-0.1, -0.05) is 17.7 Å². The number of nitrogens with two attached hydrogens (primary N) is 1. The zero-order chi connectivity index (χ0) is 12.3. The van der Waals surface area contributed by atoms with Crippen molar-refractivity contribution in [3.8, 4) is 0 Å².